The lowest BCUT2D eigenvalue weighted by atomic mass is 9.33. The lowest BCUT2D eigenvalue weighted by molar-refractivity contribution is -0.246. The van der Waals surface area contributed by atoms with Crippen LogP contribution >= 0.6 is 0 Å². The maximum absolute atomic E-state index is 11.8. The molecule has 0 aromatic heterocycles. The summed E-state index contributed by atoms with van der Waals surface area (Å²) in [6.07, 6.45) is 13.6. The molecule has 190 valence electrons. The molecule has 0 aliphatic heterocycles. The van der Waals surface area contributed by atoms with Crippen molar-refractivity contribution in [3.8, 4) is 0 Å². The van der Waals surface area contributed by atoms with E-state index in [-0.39, 0.29) is 22.3 Å². The fraction of sp³-hybridized carbons (Fsp3) is 0.935. The van der Waals surface area contributed by atoms with E-state index >= 15 is 0 Å². The van der Waals surface area contributed by atoms with Crippen molar-refractivity contribution in [3.63, 3.8) is 0 Å². The standard InChI is InChI=1S/C31H54O2/c1-21(2)11-10-16-30(8,33)24-14-20-31(9)28(6)18-12-22-26(3,4)25(32)15-17-27(22,5)23(28)13-19-29(24,31)7/h11,22-25,32-33H,10,12-20H2,1-9H3/t22-,23+,24?,25-,27-,28+,29+,30-,31-/m0/s1. The molecule has 1 unspecified atom stereocenters. The van der Waals surface area contributed by atoms with Gasteiger partial charge >= 0.3 is 0 Å². The molecule has 0 spiro atoms. The van der Waals surface area contributed by atoms with E-state index in [1.165, 1.54) is 50.5 Å². The normalized spacial score (nSPS) is 50.5. The molecule has 2 heteroatoms. The predicted octanol–water partition coefficient (Wildman–Crippen LogP) is 7.92. The average Bonchev–Trinajstić information content (AvgIpc) is 2.98. The second-order valence-electron chi connectivity index (χ2n) is 15.0. The molecule has 4 aliphatic carbocycles. The van der Waals surface area contributed by atoms with Crippen LogP contribution in [0, 0.1) is 44.8 Å². The summed E-state index contributed by atoms with van der Waals surface area (Å²) in [6, 6.07) is 0. The zero-order chi connectivity index (χ0) is 24.7. The van der Waals surface area contributed by atoms with Crippen LogP contribution in [0.15, 0.2) is 11.6 Å². The molecule has 4 fully saturated rings. The Balaban J connectivity index is 1.67. The summed E-state index contributed by atoms with van der Waals surface area (Å²) in [4.78, 5) is 0. The van der Waals surface area contributed by atoms with Gasteiger partial charge in [-0.25, -0.2) is 0 Å². The van der Waals surface area contributed by atoms with E-state index < -0.39 is 5.60 Å². The first-order chi connectivity index (χ1) is 15.1. The first-order valence-corrected chi connectivity index (χ1v) is 14.1. The minimum absolute atomic E-state index is 0.0167. The van der Waals surface area contributed by atoms with E-state index in [0.717, 1.165) is 25.2 Å². The van der Waals surface area contributed by atoms with Crippen molar-refractivity contribution >= 4 is 0 Å². The molecule has 9 atom stereocenters. The fourth-order valence-electron chi connectivity index (χ4n) is 10.9. The van der Waals surface area contributed by atoms with Gasteiger partial charge in [-0.15, -0.1) is 0 Å². The zero-order valence-electron chi connectivity index (χ0n) is 23.4. The number of rotatable bonds is 4. The molecule has 4 aliphatic rings. The second kappa shape index (κ2) is 7.83. The predicted molar refractivity (Wildman–Crippen MR) is 139 cm³/mol. The molecule has 0 bridgehead atoms. The SMILES string of the molecule is CC(C)=CCC[C@](C)(O)C1CC[C@]2(C)[C@]1(C)CC[C@@H]1[C@@]3(C)CC[C@H](O)C(C)(C)[C@@H]3CC[C@]12C. The smallest absolute Gasteiger partial charge is 0.0656 e. The Morgan fingerprint density at radius 2 is 1.45 bits per heavy atom. The Bertz CT molecular complexity index is 791. The van der Waals surface area contributed by atoms with Crippen molar-refractivity contribution in [2.75, 3.05) is 0 Å². The summed E-state index contributed by atoms with van der Waals surface area (Å²) in [7, 11) is 0. The molecule has 0 amide bonds. The van der Waals surface area contributed by atoms with E-state index in [1.807, 2.05) is 0 Å². The van der Waals surface area contributed by atoms with Gasteiger partial charge < -0.3 is 10.2 Å². The van der Waals surface area contributed by atoms with E-state index in [4.69, 9.17) is 0 Å². The van der Waals surface area contributed by atoms with Gasteiger partial charge in [-0.2, -0.15) is 0 Å². The monoisotopic (exact) mass is 458 g/mol. The van der Waals surface area contributed by atoms with Gasteiger partial charge in [-0.05, 0) is 130 Å². The van der Waals surface area contributed by atoms with Gasteiger partial charge in [-0.1, -0.05) is 53.2 Å². The van der Waals surface area contributed by atoms with Crippen molar-refractivity contribution in [3.05, 3.63) is 11.6 Å². The Morgan fingerprint density at radius 3 is 2.09 bits per heavy atom. The molecule has 0 saturated heterocycles. The summed E-state index contributed by atoms with van der Waals surface area (Å²) < 4.78 is 0. The van der Waals surface area contributed by atoms with Crippen LogP contribution in [0.25, 0.3) is 0 Å². The van der Waals surface area contributed by atoms with E-state index in [0.29, 0.717) is 22.7 Å². The van der Waals surface area contributed by atoms with Crippen molar-refractivity contribution in [2.45, 2.75) is 138 Å². The Labute approximate surface area is 205 Å². The molecule has 0 heterocycles. The molecule has 0 aromatic rings. The van der Waals surface area contributed by atoms with Gasteiger partial charge in [0.1, 0.15) is 0 Å². The highest BCUT2D eigenvalue weighted by Gasteiger charge is 2.72. The lowest BCUT2D eigenvalue weighted by Crippen LogP contribution is -2.66. The minimum atomic E-state index is -0.598. The zero-order valence-corrected chi connectivity index (χ0v) is 23.4. The van der Waals surface area contributed by atoms with Crippen LogP contribution in [0.2, 0.25) is 0 Å². The van der Waals surface area contributed by atoms with Crippen molar-refractivity contribution in [1.82, 2.24) is 0 Å². The molecular formula is C31H54O2. The molecule has 0 aromatic carbocycles. The average molecular weight is 459 g/mol. The van der Waals surface area contributed by atoms with Crippen molar-refractivity contribution < 1.29 is 10.2 Å². The topological polar surface area (TPSA) is 40.5 Å². The maximum atomic E-state index is 11.8. The van der Waals surface area contributed by atoms with Crippen LogP contribution in [-0.4, -0.2) is 21.9 Å². The summed E-state index contributed by atoms with van der Waals surface area (Å²) in [5.41, 5.74) is 1.87. The Hall–Kier alpha value is -0.340. The quantitative estimate of drug-likeness (QED) is 0.420. The second-order valence-corrected chi connectivity index (χ2v) is 15.0. The third-order valence-corrected chi connectivity index (χ3v) is 13.2. The molecule has 2 N–H and O–H groups in total. The lowest BCUT2D eigenvalue weighted by Gasteiger charge is -2.72. The van der Waals surface area contributed by atoms with Crippen LogP contribution in [0.3, 0.4) is 0 Å². The Kier molecular flexibility index (Phi) is 6.11. The third-order valence-electron chi connectivity index (χ3n) is 13.2. The number of fused-ring (bicyclic) bond motifs is 5. The van der Waals surface area contributed by atoms with E-state index in [9.17, 15) is 10.2 Å². The highest BCUT2D eigenvalue weighted by molar-refractivity contribution is 5.21. The third kappa shape index (κ3) is 3.39. The van der Waals surface area contributed by atoms with E-state index in [2.05, 4.69) is 68.4 Å². The largest absolute Gasteiger partial charge is 0.393 e. The first-order valence-electron chi connectivity index (χ1n) is 14.1. The number of aliphatic hydroxyl groups excluding tert-OH is 1. The first kappa shape index (κ1) is 25.7. The summed E-state index contributed by atoms with van der Waals surface area (Å²) in [6.45, 7) is 21.6. The molecular weight excluding hydrogens is 404 g/mol. The summed E-state index contributed by atoms with van der Waals surface area (Å²) in [5.74, 6) is 1.72. The van der Waals surface area contributed by atoms with Crippen LogP contribution in [-0.2, 0) is 0 Å². The van der Waals surface area contributed by atoms with Crippen molar-refractivity contribution in [1.29, 1.82) is 0 Å². The number of allylic oxidation sites excluding steroid dienone is 2. The highest BCUT2D eigenvalue weighted by Crippen LogP contribution is 2.79. The molecule has 4 rings (SSSR count). The molecule has 4 saturated carbocycles. The van der Waals surface area contributed by atoms with Crippen LogP contribution in [0.5, 0.6) is 0 Å². The van der Waals surface area contributed by atoms with Gasteiger partial charge in [0.05, 0.1) is 11.7 Å². The Morgan fingerprint density at radius 1 is 0.848 bits per heavy atom. The van der Waals surface area contributed by atoms with Crippen LogP contribution < -0.4 is 0 Å². The molecule has 2 nitrogen and oxygen atoms in total. The molecule has 33 heavy (non-hydrogen) atoms. The van der Waals surface area contributed by atoms with Gasteiger partial charge in [-0.3, -0.25) is 0 Å². The van der Waals surface area contributed by atoms with Crippen LogP contribution in [0.1, 0.15) is 127 Å². The summed E-state index contributed by atoms with van der Waals surface area (Å²) >= 11 is 0. The number of hydrogen-bond acceptors (Lipinski definition) is 2. The van der Waals surface area contributed by atoms with Gasteiger partial charge in [0.25, 0.3) is 0 Å². The van der Waals surface area contributed by atoms with Gasteiger partial charge in [0.2, 0.25) is 0 Å². The maximum Gasteiger partial charge on any atom is 0.0656 e. The highest BCUT2D eigenvalue weighted by atomic mass is 16.3. The minimum Gasteiger partial charge on any atom is -0.393 e. The van der Waals surface area contributed by atoms with Crippen LogP contribution in [0.4, 0.5) is 0 Å². The molecule has 0 radical (unpaired) electrons. The van der Waals surface area contributed by atoms with Crippen molar-refractivity contribution in [2.24, 2.45) is 44.8 Å². The number of aliphatic hydroxyl groups is 2. The van der Waals surface area contributed by atoms with E-state index in [1.54, 1.807) is 0 Å². The number of hydrogen-bond donors (Lipinski definition) is 2. The fourth-order valence-corrected chi connectivity index (χ4v) is 10.9. The summed E-state index contributed by atoms with van der Waals surface area (Å²) in [5, 5.41) is 22.7. The van der Waals surface area contributed by atoms with Gasteiger partial charge in [0.15, 0.2) is 0 Å². The van der Waals surface area contributed by atoms with Gasteiger partial charge in [0, 0.05) is 0 Å².